The predicted octanol–water partition coefficient (Wildman–Crippen LogP) is 3.81. The molecule has 5 nitrogen and oxygen atoms in total. The molecule has 0 bridgehead atoms. The van der Waals surface area contributed by atoms with Gasteiger partial charge >= 0.3 is 0 Å². The predicted molar refractivity (Wildman–Crippen MR) is 106 cm³/mol. The molecule has 4 rings (SSSR count). The molecular formula is C21H20ClN3O2. The summed E-state index contributed by atoms with van der Waals surface area (Å²) in [5.41, 5.74) is 2.10. The lowest BCUT2D eigenvalue weighted by molar-refractivity contribution is 0.0412. The van der Waals surface area contributed by atoms with Gasteiger partial charge in [-0.05, 0) is 43.3 Å². The number of nitrogens with one attached hydrogen (secondary N) is 1. The Bertz CT molecular complexity index is 999. The molecule has 2 amide bonds. The quantitative estimate of drug-likeness (QED) is 0.733. The molecule has 1 saturated heterocycles. The number of benzene rings is 2. The van der Waals surface area contributed by atoms with Crippen molar-refractivity contribution in [3.63, 3.8) is 0 Å². The minimum absolute atomic E-state index is 0.00968. The normalized spacial score (nSPS) is 17.3. The first-order chi connectivity index (χ1) is 13.0. The topological polar surface area (TPSA) is 56.4 Å². The highest BCUT2D eigenvalue weighted by molar-refractivity contribution is 6.31. The number of hydrogen-bond donors (Lipinski definition) is 1. The monoisotopic (exact) mass is 381 g/mol. The van der Waals surface area contributed by atoms with Gasteiger partial charge in [0.2, 0.25) is 0 Å². The summed E-state index contributed by atoms with van der Waals surface area (Å²) in [6, 6.07) is 16.5. The van der Waals surface area contributed by atoms with Crippen LogP contribution in [0, 0.1) is 0 Å². The van der Waals surface area contributed by atoms with Gasteiger partial charge in [0.15, 0.2) is 0 Å². The van der Waals surface area contributed by atoms with Gasteiger partial charge in [-0.15, -0.1) is 0 Å². The molecule has 1 atom stereocenters. The summed E-state index contributed by atoms with van der Waals surface area (Å²) in [5, 5.41) is 1.55. The maximum absolute atomic E-state index is 12.9. The van der Waals surface area contributed by atoms with Gasteiger partial charge in [-0.3, -0.25) is 9.59 Å². The number of fused-ring (bicyclic) bond motifs is 1. The number of amides is 2. The average molecular weight is 382 g/mol. The number of hydrogen-bond acceptors (Lipinski definition) is 2. The second kappa shape index (κ2) is 7.08. The van der Waals surface area contributed by atoms with Gasteiger partial charge < -0.3 is 14.8 Å². The minimum atomic E-state index is -0.0546. The number of carbonyl (C=O) groups is 2. The number of carbonyl (C=O) groups excluding carboxylic acids is 2. The maximum atomic E-state index is 12.9. The number of piperazine rings is 1. The number of nitrogens with zero attached hydrogens (tertiary/aromatic N) is 2. The summed E-state index contributed by atoms with van der Waals surface area (Å²) in [4.78, 5) is 32.4. The Morgan fingerprint density at radius 2 is 1.81 bits per heavy atom. The van der Waals surface area contributed by atoms with E-state index in [1.54, 1.807) is 11.0 Å². The van der Waals surface area contributed by atoms with Gasteiger partial charge in [-0.2, -0.15) is 0 Å². The van der Waals surface area contributed by atoms with Crippen molar-refractivity contribution in [2.75, 3.05) is 19.6 Å². The smallest absolute Gasteiger partial charge is 0.270 e. The summed E-state index contributed by atoms with van der Waals surface area (Å²) in [7, 11) is 0. The fraction of sp³-hybridized carbons (Fsp3) is 0.238. The van der Waals surface area contributed by atoms with Crippen molar-refractivity contribution in [2.24, 2.45) is 0 Å². The average Bonchev–Trinajstić information content (AvgIpc) is 3.10. The molecule has 0 saturated carbocycles. The zero-order valence-electron chi connectivity index (χ0n) is 15.0. The zero-order valence-corrected chi connectivity index (χ0v) is 15.7. The molecule has 3 aromatic rings. The molecule has 1 N–H and O–H groups in total. The lowest BCUT2D eigenvalue weighted by Crippen LogP contribution is -2.55. The van der Waals surface area contributed by atoms with Gasteiger partial charge in [-0.1, -0.05) is 29.8 Å². The highest BCUT2D eigenvalue weighted by atomic mass is 35.5. The SMILES string of the molecule is CC1CN(C(=O)c2cc3cc(Cl)ccc3[nH]2)CCN1C(=O)c1ccccc1. The van der Waals surface area contributed by atoms with Gasteiger partial charge in [-0.25, -0.2) is 0 Å². The third-order valence-electron chi connectivity index (χ3n) is 5.01. The molecule has 138 valence electrons. The summed E-state index contributed by atoms with van der Waals surface area (Å²) >= 11 is 6.02. The molecule has 1 unspecified atom stereocenters. The van der Waals surface area contributed by atoms with Crippen molar-refractivity contribution in [3.8, 4) is 0 Å². The molecule has 27 heavy (non-hydrogen) atoms. The second-order valence-electron chi connectivity index (χ2n) is 6.88. The van der Waals surface area contributed by atoms with Crippen LogP contribution in [0.4, 0.5) is 0 Å². The summed E-state index contributed by atoms with van der Waals surface area (Å²) in [6.45, 7) is 3.52. The Morgan fingerprint density at radius 3 is 2.56 bits per heavy atom. The molecule has 2 aromatic carbocycles. The number of halogens is 1. The van der Waals surface area contributed by atoms with Crippen LogP contribution < -0.4 is 0 Å². The van der Waals surface area contributed by atoms with Crippen LogP contribution in [0.3, 0.4) is 0 Å². The van der Waals surface area contributed by atoms with E-state index in [0.29, 0.717) is 35.9 Å². The summed E-state index contributed by atoms with van der Waals surface area (Å²) in [6.07, 6.45) is 0. The minimum Gasteiger partial charge on any atom is -0.351 e. The molecule has 0 radical (unpaired) electrons. The fourth-order valence-electron chi connectivity index (χ4n) is 3.58. The fourth-order valence-corrected chi connectivity index (χ4v) is 3.76. The first-order valence-corrected chi connectivity index (χ1v) is 9.34. The van der Waals surface area contributed by atoms with Crippen molar-refractivity contribution in [1.29, 1.82) is 0 Å². The van der Waals surface area contributed by atoms with Crippen LogP contribution in [0.1, 0.15) is 27.8 Å². The lowest BCUT2D eigenvalue weighted by atomic mass is 10.1. The van der Waals surface area contributed by atoms with E-state index >= 15 is 0 Å². The van der Waals surface area contributed by atoms with Crippen LogP contribution in [0.25, 0.3) is 10.9 Å². The molecule has 1 fully saturated rings. The van der Waals surface area contributed by atoms with Crippen LogP contribution in [0.5, 0.6) is 0 Å². The van der Waals surface area contributed by atoms with Crippen molar-refractivity contribution in [2.45, 2.75) is 13.0 Å². The Labute approximate surface area is 162 Å². The molecular weight excluding hydrogens is 362 g/mol. The van der Waals surface area contributed by atoms with Gasteiger partial charge in [0.25, 0.3) is 11.8 Å². The molecule has 1 aliphatic heterocycles. The first-order valence-electron chi connectivity index (χ1n) is 8.96. The van der Waals surface area contributed by atoms with Crippen molar-refractivity contribution in [3.05, 3.63) is 70.9 Å². The van der Waals surface area contributed by atoms with Crippen LogP contribution in [0.2, 0.25) is 5.02 Å². The van der Waals surface area contributed by atoms with Crippen LogP contribution in [0.15, 0.2) is 54.6 Å². The third-order valence-corrected chi connectivity index (χ3v) is 5.24. The van der Waals surface area contributed by atoms with E-state index < -0.39 is 0 Å². The van der Waals surface area contributed by atoms with E-state index in [2.05, 4.69) is 4.98 Å². The Balaban J connectivity index is 1.48. The van der Waals surface area contributed by atoms with Gasteiger partial charge in [0.05, 0.1) is 0 Å². The van der Waals surface area contributed by atoms with Crippen LogP contribution >= 0.6 is 11.6 Å². The first kappa shape index (κ1) is 17.6. The van der Waals surface area contributed by atoms with E-state index in [0.717, 1.165) is 10.9 Å². The van der Waals surface area contributed by atoms with Crippen LogP contribution in [-0.2, 0) is 0 Å². The van der Waals surface area contributed by atoms with E-state index in [4.69, 9.17) is 11.6 Å². The number of H-pyrrole nitrogens is 1. The summed E-state index contributed by atoms with van der Waals surface area (Å²) in [5.74, 6) is -0.0450. The van der Waals surface area contributed by atoms with Crippen molar-refractivity contribution >= 4 is 34.3 Å². The second-order valence-corrected chi connectivity index (χ2v) is 7.32. The Hall–Kier alpha value is -2.79. The largest absolute Gasteiger partial charge is 0.351 e. The van der Waals surface area contributed by atoms with E-state index in [1.807, 2.05) is 60.4 Å². The standard InChI is InChI=1S/C21H20ClN3O2/c1-14-13-24(9-10-25(14)20(26)15-5-3-2-4-6-15)21(27)19-12-16-11-17(22)7-8-18(16)23-19/h2-8,11-12,14,23H,9-10,13H2,1H3. The molecule has 6 heteroatoms. The molecule has 1 aromatic heterocycles. The maximum Gasteiger partial charge on any atom is 0.270 e. The molecule has 0 aliphatic carbocycles. The van der Waals surface area contributed by atoms with Gasteiger partial charge in [0, 0.05) is 47.2 Å². The molecule has 2 heterocycles. The number of aromatic amines is 1. The van der Waals surface area contributed by atoms with Crippen molar-refractivity contribution < 1.29 is 9.59 Å². The Kier molecular flexibility index (Phi) is 4.62. The van der Waals surface area contributed by atoms with Crippen LogP contribution in [-0.4, -0.2) is 52.3 Å². The lowest BCUT2D eigenvalue weighted by Gasteiger charge is -2.39. The Morgan fingerprint density at radius 1 is 1.04 bits per heavy atom. The summed E-state index contributed by atoms with van der Waals surface area (Å²) < 4.78 is 0. The number of rotatable bonds is 2. The zero-order chi connectivity index (χ0) is 19.0. The van der Waals surface area contributed by atoms with Crippen molar-refractivity contribution in [1.82, 2.24) is 14.8 Å². The van der Waals surface area contributed by atoms with E-state index in [9.17, 15) is 9.59 Å². The number of aromatic nitrogens is 1. The molecule has 1 aliphatic rings. The van der Waals surface area contributed by atoms with Gasteiger partial charge in [0.1, 0.15) is 5.69 Å². The highest BCUT2D eigenvalue weighted by Gasteiger charge is 2.31. The third kappa shape index (κ3) is 3.43. The van der Waals surface area contributed by atoms with E-state index in [-0.39, 0.29) is 17.9 Å². The van der Waals surface area contributed by atoms with E-state index in [1.165, 1.54) is 0 Å². The molecule has 0 spiro atoms. The highest BCUT2D eigenvalue weighted by Crippen LogP contribution is 2.22.